The monoisotopic (exact) mass is 187 g/mol. The molecular formula is C11H13N3. The number of nitrogens with one attached hydrogen (secondary N) is 1. The Morgan fingerprint density at radius 2 is 2.00 bits per heavy atom. The van der Waals surface area contributed by atoms with Crippen LogP contribution in [0.4, 0.5) is 5.69 Å². The summed E-state index contributed by atoms with van der Waals surface area (Å²) in [5.74, 6) is 0.263. The molecule has 1 aromatic heterocycles. The Morgan fingerprint density at radius 3 is 2.57 bits per heavy atom. The Balaban J connectivity index is 2.34. The minimum absolute atomic E-state index is 0.263. The van der Waals surface area contributed by atoms with Gasteiger partial charge in [0.1, 0.15) is 0 Å². The normalized spacial score (nSPS) is 12.6. The van der Waals surface area contributed by atoms with Gasteiger partial charge in [0.15, 0.2) is 0 Å². The molecule has 1 unspecified atom stereocenters. The Bertz CT molecular complexity index is 405. The van der Waals surface area contributed by atoms with Crippen molar-refractivity contribution in [2.24, 2.45) is 0 Å². The first-order valence-corrected chi connectivity index (χ1v) is 4.62. The maximum Gasteiger partial charge on any atom is 0.0736 e. The fraction of sp³-hybridized carbons (Fsp3) is 0.182. The second kappa shape index (κ2) is 3.54. The molecule has 2 aromatic rings. The number of H-pyrrole nitrogens is 1. The highest BCUT2D eigenvalue weighted by atomic mass is 15.1. The number of hydrogen-bond acceptors (Lipinski definition) is 2. The zero-order chi connectivity index (χ0) is 9.97. The molecule has 0 aliphatic heterocycles. The van der Waals surface area contributed by atoms with E-state index in [1.54, 1.807) is 6.20 Å². The molecule has 72 valence electrons. The first-order chi connectivity index (χ1) is 6.79. The molecule has 0 aliphatic carbocycles. The van der Waals surface area contributed by atoms with Gasteiger partial charge in [-0.25, -0.2) is 0 Å². The van der Waals surface area contributed by atoms with E-state index in [1.165, 1.54) is 5.56 Å². The number of anilines is 1. The molecule has 0 fully saturated rings. The Hall–Kier alpha value is -1.77. The Morgan fingerprint density at radius 1 is 1.29 bits per heavy atom. The first-order valence-electron chi connectivity index (χ1n) is 4.62. The molecule has 0 radical (unpaired) electrons. The van der Waals surface area contributed by atoms with E-state index in [0.29, 0.717) is 0 Å². The van der Waals surface area contributed by atoms with Crippen LogP contribution in [0.1, 0.15) is 24.1 Å². The Kier molecular flexibility index (Phi) is 2.23. The van der Waals surface area contributed by atoms with E-state index in [4.69, 9.17) is 5.73 Å². The third kappa shape index (κ3) is 1.48. The molecule has 3 N–H and O–H groups in total. The highest BCUT2D eigenvalue weighted by Gasteiger charge is 2.12. The van der Waals surface area contributed by atoms with Gasteiger partial charge in [-0.15, -0.1) is 0 Å². The molecule has 0 saturated carbocycles. The summed E-state index contributed by atoms with van der Waals surface area (Å²) in [5, 5.41) is 6.85. The second-order valence-corrected chi connectivity index (χ2v) is 3.37. The van der Waals surface area contributed by atoms with E-state index in [-0.39, 0.29) is 5.92 Å². The van der Waals surface area contributed by atoms with Crippen molar-refractivity contribution in [1.82, 2.24) is 10.2 Å². The largest absolute Gasteiger partial charge is 0.396 e. The minimum atomic E-state index is 0.263. The van der Waals surface area contributed by atoms with Gasteiger partial charge in [-0.05, 0) is 5.56 Å². The van der Waals surface area contributed by atoms with Crippen molar-refractivity contribution in [2.75, 3.05) is 5.73 Å². The standard InChI is InChI=1S/C11H13N3/c1-8(9-5-3-2-4-6-9)11-10(12)7-13-14-11/h2-8H,12H2,1H3,(H,13,14). The number of nitrogens with zero attached hydrogens (tertiary/aromatic N) is 1. The van der Waals surface area contributed by atoms with Crippen LogP contribution in [0.15, 0.2) is 36.5 Å². The van der Waals surface area contributed by atoms with Gasteiger partial charge in [-0.2, -0.15) is 5.10 Å². The first kappa shape index (κ1) is 8.81. The van der Waals surface area contributed by atoms with Crippen molar-refractivity contribution in [1.29, 1.82) is 0 Å². The predicted octanol–water partition coefficient (Wildman–Crippen LogP) is 2.14. The molecule has 0 spiro atoms. The number of rotatable bonds is 2. The van der Waals surface area contributed by atoms with Crippen LogP contribution in [0.5, 0.6) is 0 Å². The van der Waals surface area contributed by atoms with Gasteiger partial charge in [-0.1, -0.05) is 37.3 Å². The highest BCUT2D eigenvalue weighted by molar-refractivity contribution is 5.45. The fourth-order valence-corrected chi connectivity index (χ4v) is 1.56. The molecule has 14 heavy (non-hydrogen) atoms. The molecule has 0 saturated heterocycles. The topological polar surface area (TPSA) is 54.7 Å². The van der Waals surface area contributed by atoms with E-state index in [9.17, 15) is 0 Å². The predicted molar refractivity (Wildman–Crippen MR) is 57.0 cm³/mol. The van der Waals surface area contributed by atoms with Crippen LogP contribution in [0, 0.1) is 0 Å². The zero-order valence-electron chi connectivity index (χ0n) is 8.07. The number of nitrogen functional groups attached to an aromatic ring is 1. The van der Waals surface area contributed by atoms with Gasteiger partial charge in [0.25, 0.3) is 0 Å². The highest BCUT2D eigenvalue weighted by Crippen LogP contribution is 2.25. The average molecular weight is 187 g/mol. The van der Waals surface area contributed by atoms with Crippen LogP contribution in [0.3, 0.4) is 0 Å². The van der Waals surface area contributed by atoms with E-state index in [1.807, 2.05) is 18.2 Å². The van der Waals surface area contributed by atoms with Gasteiger partial charge in [0.05, 0.1) is 17.6 Å². The number of aromatic amines is 1. The van der Waals surface area contributed by atoms with Gasteiger partial charge >= 0.3 is 0 Å². The van der Waals surface area contributed by atoms with Gasteiger partial charge < -0.3 is 5.73 Å². The average Bonchev–Trinajstić information content (AvgIpc) is 2.65. The lowest BCUT2D eigenvalue weighted by Gasteiger charge is -2.10. The van der Waals surface area contributed by atoms with Gasteiger partial charge in [-0.3, -0.25) is 5.10 Å². The molecule has 1 heterocycles. The van der Waals surface area contributed by atoms with Crippen LogP contribution in [0.25, 0.3) is 0 Å². The summed E-state index contributed by atoms with van der Waals surface area (Å²) < 4.78 is 0. The van der Waals surface area contributed by atoms with Crippen molar-refractivity contribution in [3.05, 3.63) is 47.8 Å². The Labute approximate surface area is 83.0 Å². The van der Waals surface area contributed by atoms with E-state index >= 15 is 0 Å². The van der Waals surface area contributed by atoms with Crippen LogP contribution < -0.4 is 5.73 Å². The molecular weight excluding hydrogens is 174 g/mol. The fourth-order valence-electron chi connectivity index (χ4n) is 1.56. The molecule has 1 aromatic carbocycles. The van der Waals surface area contributed by atoms with Crippen molar-refractivity contribution in [2.45, 2.75) is 12.8 Å². The molecule has 1 atom stereocenters. The lowest BCUT2D eigenvalue weighted by molar-refractivity contribution is 0.856. The number of benzene rings is 1. The summed E-state index contributed by atoms with van der Waals surface area (Å²) >= 11 is 0. The second-order valence-electron chi connectivity index (χ2n) is 3.37. The number of aromatic nitrogens is 2. The zero-order valence-corrected chi connectivity index (χ0v) is 8.07. The van der Waals surface area contributed by atoms with Crippen molar-refractivity contribution in [3.63, 3.8) is 0 Å². The van der Waals surface area contributed by atoms with Crippen LogP contribution in [-0.4, -0.2) is 10.2 Å². The van der Waals surface area contributed by atoms with E-state index in [0.717, 1.165) is 11.4 Å². The summed E-state index contributed by atoms with van der Waals surface area (Å²) in [6.45, 7) is 2.11. The molecule has 3 heteroatoms. The van der Waals surface area contributed by atoms with Crippen molar-refractivity contribution >= 4 is 5.69 Å². The number of hydrogen-bond donors (Lipinski definition) is 2. The van der Waals surface area contributed by atoms with Crippen LogP contribution in [-0.2, 0) is 0 Å². The summed E-state index contributed by atoms with van der Waals surface area (Å²) in [5.41, 5.74) is 8.73. The lowest BCUT2D eigenvalue weighted by atomic mass is 9.97. The van der Waals surface area contributed by atoms with Gasteiger partial charge in [0.2, 0.25) is 0 Å². The molecule has 3 nitrogen and oxygen atoms in total. The third-order valence-electron chi connectivity index (χ3n) is 2.43. The maximum absolute atomic E-state index is 5.79. The summed E-state index contributed by atoms with van der Waals surface area (Å²) in [4.78, 5) is 0. The van der Waals surface area contributed by atoms with Crippen LogP contribution in [0.2, 0.25) is 0 Å². The molecule has 2 rings (SSSR count). The number of nitrogens with two attached hydrogens (primary N) is 1. The quantitative estimate of drug-likeness (QED) is 0.756. The van der Waals surface area contributed by atoms with Crippen molar-refractivity contribution in [3.8, 4) is 0 Å². The van der Waals surface area contributed by atoms with Crippen LogP contribution >= 0.6 is 0 Å². The van der Waals surface area contributed by atoms with E-state index in [2.05, 4.69) is 29.3 Å². The maximum atomic E-state index is 5.79. The van der Waals surface area contributed by atoms with E-state index < -0.39 is 0 Å². The molecule has 0 aliphatic rings. The summed E-state index contributed by atoms with van der Waals surface area (Å²) in [6, 6.07) is 10.2. The smallest absolute Gasteiger partial charge is 0.0736 e. The SMILES string of the molecule is CC(c1ccccc1)c1[nH]ncc1N. The molecule has 0 bridgehead atoms. The summed E-state index contributed by atoms with van der Waals surface area (Å²) in [7, 11) is 0. The van der Waals surface area contributed by atoms with Gasteiger partial charge in [0, 0.05) is 5.92 Å². The van der Waals surface area contributed by atoms with Crippen molar-refractivity contribution < 1.29 is 0 Å². The lowest BCUT2D eigenvalue weighted by Crippen LogP contribution is -1.99. The summed E-state index contributed by atoms with van der Waals surface area (Å²) in [6.07, 6.45) is 1.65. The minimum Gasteiger partial charge on any atom is -0.396 e. The third-order valence-corrected chi connectivity index (χ3v) is 2.43. The molecule has 0 amide bonds.